The molecule has 9 rings (SSSR count). The molecule has 0 amide bonds. The predicted octanol–water partition coefficient (Wildman–Crippen LogP) is 11.8. The highest BCUT2D eigenvalue weighted by molar-refractivity contribution is 7.26. The molecule has 0 saturated carbocycles. The predicted molar refractivity (Wildman–Crippen MR) is 229 cm³/mol. The number of thiophene rings is 1. The van der Waals surface area contributed by atoms with Crippen LogP contribution in [0, 0.1) is 0 Å². The molecular weight excluding hydrogens is 677 g/mol. The summed E-state index contributed by atoms with van der Waals surface area (Å²) in [5.41, 5.74) is 11.2. The minimum absolute atomic E-state index is 0.000692. The van der Waals surface area contributed by atoms with E-state index < -0.39 is 0 Å². The first-order chi connectivity index (χ1) is 26.0. The van der Waals surface area contributed by atoms with Crippen molar-refractivity contribution in [1.29, 1.82) is 0 Å². The fraction of sp³-hybridized carbons (Fsp3) is 0.245. The van der Waals surface area contributed by atoms with E-state index >= 15 is 0 Å². The molecule has 1 aliphatic rings. The first-order valence-electron chi connectivity index (χ1n) is 19.2. The van der Waals surface area contributed by atoms with E-state index in [4.69, 9.17) is 4.98 Å². The van der Waals surface area contributed by atoms with Gasteiger partial charge < -0.3 is 0 Å². The van der Waals surface area contributed by atoms with Gasteiger partial charge in [0, 0.05) is 57.2 Å². The van der Waals surface area contributed by atoms with Crippen molar-refractivity contribution in [3.05, 3.63) is 145 Å². The molecule has 0 spiro atoms. The van der Waals surface area contributed by atoms with Gasteiger partial charge in [-0.05, 0) is 76.9 Å². The third-order valence-electron chi connectivity index (χ3n) is 12.7. The summed E-state index contributed by atoms with van der Waals surface area (Å²) in [4.78, 5) is 5.03. The van der Waals surface area contributed by atoms with Crippen LogP contribution in [0.5, 0.6) is 0 Å². The molecule has 268 valence electrons. The van der Waals surface area contributed by atoms with Crippen LogP contribution in [0.25, 0.3) is 70.5 Å². The van der Waals surface area contributed by atoms with E-state index in [0.29, 0.717) is 0 Å². The number of hydrogen-bond acceptors (Lipinski definition) is 2. The monoisotopic (exact) mass is 724 g/mol. The molecule has 0 aliphatic carbocycles. The normalized spacial score (nSPS) is 18.6. The van der Waals surface area contributed by atoms with Gasteiger partial charge in [-0.3, -0.25) is 4.40 Å². The van der Waals surface area contributed by atoms with Crippen LogP contribution in [0.4, 0.5) is 0 Å². The molecule has 2 unspecified atom stereocenters. The number of pyridine rings is 3. The zero-order chi connectivity index (χ0) is 37.7. The van der Waals surface area contributed by atoms with Crippen LogP contribution in [-0.2, 0) is 23.4 Å². The van der Waals surface area contributed by atoms with E-state index in [1.807, 2.05) is 23.6 Å². The molecule has 3 aromatic carbocycles. The number of hydrogen-bond donors (Lipinski definition) is 0. The molecule has 2 atom stereocenters. The summed E-state index contributed by atoms with van der Waals surface area (Å²) < 4.78 is 9.72. The Labute approximate surface area is 322 Å². The molecule has 5 heteroatoms. The maximum atomic E-state index is 5.03. The molecule has 0 bridgehead atoms. The standard InChI is InChI=1S/C49H48N4S/c1-10-31(4)32-19-20-38-37(28-32)40-30-34(47(5,6)7)22-26-53(40)49(12-3,48(38,8)11-2)23-21-33-29-36-35-16-13-14-18-41(35)54-45(36)43-42(33)44-39(17-15-25-51(44)9)52-27-24-50-46(43)52/h10,13-30H,1,4,11-12H2,2-3,5-9H3/q+2. The van der Waals surface area contributed by atoms with Crippen LogP contribution in [0.15, 0.2) is 123 Å². The van der Waals surface area contributed by atoms with Crippen molar-refractivity contribution in [2.45, 2.75) is 70.8 Å². The van der Waals surface area contributed by atoms with Gasteiger partial charge in [-0.25, -0.2) is 4.98 Å². The summed E-state index contributed by atoms with van der Waals surface area (Å²) in [6.45, 7) is 22.5. The van der Waals surface area contributed by atoms with Gasteiger partial charge in [0.1, 0.15) is 18.2 Å². The van der Waals surface area contributed by atoms with Crippen molar-refractivity contribution in [3.63, 3.8) is 0 Å². The van der Waals surface area contributed by atoms with Crippen molar-refractivity contribution in [2.24, 2.45) is 7.05 Å². The third-order valence-corrected chi connectivity index (χ3v) is 13.9. The van der Waals surface area contributed by atoms with Gasteiger partial charge in [0.2, 0.25) is 11.2 Å². The first-order valence-corrected chi connectivity index (χ1v) is 20.0. The van der Waals surface area contributed by atoms with Gasteiger partial charge in [-0.2, -0.15) is 9.13 Å². The molecule has 8 aromatic rings. The van der Waals surface area contributed by atoms with Gasteiger partial charge in [0.25, 0.3) is 0 Å². The number of allylic oxidation sites excluding steroid dienone is 3. The van der Waals surface area contributed by atoms with Crippen molar-refractivity contribution < 1.29 is 9.13 Å². The summed E-state index contributed by atoms with van der Waals surface area (Å²) in [5, 5.41) is 5.02. The zero-order valence-corrected chi connectivity index (χ0v) is 33.3. The highest BCUT2D eigenvalue weighted by atomic mass is 32.1. The van der Waals surface area contributed by atoms with Crippen LogP contribution in [-0.4, -0.2) is 9.38 Å². The lowest BCUT2D eigenvalue weighted by Crippen LogP contribution is -2.68. The summed E-state index contributed by atoms with van der Waals surface area (Å²) >= 11 is 1.87. The van der Waals surface area contributed by atoms with Crippen molar-refractivity contribution in [1.82, 2.24) is 9.38 Å². The van der Waals surface area contributed by atoms with Gasteiger partial charge in [0.05, 0.1) is 21.8 Å². The molecule has 6 heterocycles. The maximum absolute atomic E-state index is 5.03. The summed E-state index contributed by atoms with van der Waals surface area (Å²) in [5.74, 6) is 0. The van der Waals surface area contributed by atoms with Crippen molar-refractivity contribution in [2.75, 3.05) is 0 Å². The minimum atomic E-state index is -0.370. The molecule has 5 aromatic heterocycles. The third kappa shape index (κ3) is 4.64. The molecule has 0 N–H and O–H groups in total. The number of benzene rings is 3. The lowest BCUT2D eigenvalue weighted by Gasteiger charge is -2.47. The van der Waals surface area contributed by atoms with Gasteiger partial charge in [0.15, 0.2) is 17.9 Å². The van der Waals surface area contributed by atoms with Crippen LogP contribution < -0.4 is 9.13 Å². The van der Waals surface area contributed by atoms with E-state index in [2.05, 4.69) is 179 Å². The van der Waals surface area contributed by atoms with Crippen LogP contribution in [0.2, 0.25) is 0 Å². The second-order valence-electron chi connectivity index (χ2n) is 16.4. The Morgan fingerprint density at radius 3 is 2.52 bits per heavy atom. The maximum Gasteiger partial charge on any atom is 0.238 e. The average Bonchev–Trinajstić information content (AvgIpc) is 3.82. The largest absolute Gasteiger partial charge is 0.294 e. The summed E-state index contributed by atoms with van der Waals surface area (Å²) in [6.07, 6.45) is 17.3. The molecule has 0 saturated heterocycles. The molecule has 54 heavy (non-hydrogen) atoms. The Morgan fingerprint density at radius 1 is 0.944 bits per heavy atom. The highest BCUT2D eigenvalue weighted by Gasteiger charge is 2.58. The second-order valence-corrected chi connectivity index (χ2v) is 17.4. The van der Waals surface area contributed by atoms with E-state index in [1.54, 1.807) is 0 Å². The Kier molecular flexibility index (Phi) is 7.68. The Balaban J connectivity index is 1.40. The molecule has 4 nitrogen and oxygen atoms in total. The fourth-order valence-electron chi connectivity index (χ4n) is 9.50. The molecule has 0 radical (unpaired) electrons. The SMILES string of the molecule is C=CC(=C)c1ccc2c(c1)-c1cc(C(C)(C)C)cc[n+]1C(C=Cc1cc3c4ccccc4sc3c3c1c1c(ccc[n+]1C)n1ccnc31)(CC)C2(C)CC. The fourth-order valence-corrected chi connectivity index (χ4v) is 10.7. The first kappa shape index (κ1) is 34.4. The average molecular weight is 725 g/mol. The van der Waals surface area contributed by atoms with Gasteiger partial charge >= 0.3 is 0 Å². The van der Waals surface area contributed by atoms with Crippen molar-refractivity contribution >= 4 is 70.6 Å². The number of fused-ring (bicyclic) bond motifs is 13. The van der Waals surface area contributed by atoms with Gasteiger partial charge in [-0.15, -0.1) is 11.3 Å². The Hall–Kier alpha value is -5.39. The van der Waals surface area contributed by atoms with E-state index in [0.717, 1.165) is 35.1 Å². The Bertz CT molecular complexity index is 2910. The molecule has 1 aliphatic heterocycles. The zero-order valence-electron chi connectivity index (χ0n) is 32.5. The number of nitrogens with zero attached hydrogens (tertiary/aromatic N) is 4. The topological polar surface area (TPSA) is 25.1 Å². The lowest BCUT2D eigenvalue weighted by molar-refractivity contribution is -0.756. The Morgan fingerprint density at radius 2 is 1.76 bits per heavy atom. The van der Waals surface area contributed by atoms with E-state index in [1.165, 1.54) is 64.4 Å². The number of aryl methyl sites for hydroxylation is 1. The van der Waals surface area contributed by atoms with Crippen molar-refractivity contribution in [3.8, 4) is 11.3 Å². The number of rotatable bonds is 6. The molecule has 0 fully saturated rings. The van der Waals surface area contributed by atoms with Crippen LogP contribution in [0.1, 0.15) is 76.6 Å². The minimum Gasteiger partial charge on any atom is -0.294 e. The van der Waals surface area contributed by atoms with Gasteiger partial charge in [-0.1, -0.05) is 90.3 Å². The quantitative estimate of drug-likeness (QED) is 0.0952. The number of imidazole rings is 1. The lowest BCUT2D eigenvalue weighted by atomic mass is 9.59. The van der Waals surface area contributed by atoms with E-state index in [9.17, 15) is 0 Å². The second kappa shape index (κ2) is 12.1. The van der Waals surface area contributed by atoms with Crippen LogP contribution >= 0.6 is 11.3 Å². The number of aromatic nitrogens is 4. The highest BCUT2D eigenvalue weighted by Crippen LogP contribution is 2.52. The summed E-state index contributed by atoms with van der Waals surface area (Å²) in [7, 11) is 2.17. The smallest absolute Gasteiger partial charge is 0.238 e. The molecular formula is C49H48N4S+2. The van der Waals surface area contributed by atoms with Crippen LogP contribution in [0.3, 0.4) is 0 Å². The summed E-state index contributed by atoms with van der Waals surface area (Å²) in [6, 6.07) is 27.4. The van der Waals surface area contributed by atoms with E-state index in [-0.39, 0.29) is 16.4 Å².